The number of hydrogen-bond donors (Lipinski definition) is 1. The molecule has 1 aliphatic heterocycles. The normalized spacial score (nSPS) is 15.3. The van der Waals surface area contributed by atoms with Crippen molar-refractivity contribution in [2.45, 2.75) is 11.0 Å². The molecule has 0 bridgehead atoms. The molecule has 1 heterocycles. The Morgan fingerprint density at radius 1 is 1.16 bits per heavy atom. The molecule has 2 aromatic carbocycles. The lowest BCUT2D eigenvalue weighted by atomic mass is 10.2. The number of sulfonamides is 1. The Balaban J connectivity index is 1.62. The van der Waals surface area contributed by atoms with Gasteiger partial charge in [0.05, 0.1) is 17.7 Å². The molecule has 0 fully saturated rings. The van der Waals surface area contributed by atoms with Crippen molar-refractivity contribution in [1.82, 2.24) is 4.31 Å². The Bertz CT molecular complexity index is 1080. The topological polar surface area (TPSA) is 120 Å². The summed E-state index contributed by atoms with van der Waals surface area (Å²) in [6.45, 7) is -0.649. The van der Waals surface area contributed by atoms with E-state index in [4.69, 9.17) is 18.9 Å². The van der Waals surface area contributed by atoms with Gasteiger partial charge >= 0.3 is 5.97 Å². The second kappa shape index (κ2) is 9.23. The van der Waals surface area contributed by atoms with Gasteiger partial charge in [-0.1, -0.05) is 12.1 Å². The Morgan fingerprint density at radius 2 is 1.87 bits per heavy atom. The summed E-state index contributed by atoms with van der Waals surface area (Å²) in [6.07, 6.45) is -1.01. The quantitative estimate of drug-likeness (QED) is 0.626. The minimum atomic E-state index is -3.71. The van der Waals surface area contributed by atoms with Crippen molar-refractivity contribution >= 4 is 27.6 Å². The number of ether oxygens (including phenoxy) is 4. The SMILES string of the molecule is COc1ccc(S(=O)(=O)N(C)C)cc1NC(=O)COC(=O)C1COc2ccccc2O1. The molecule has 1 amide bonds. The fraction of sp³-hybridized carbons (Fsp3) is 0.300. The van der Waals surface area contributed by atoms with Crippen LogP contribution in [-0.2, 0) is 24.3 Å². The van der Waals surface area contributed by atoms with Gasteiger partial charge in [-0.3, -0.25) is 4.79 Å². The van der Waals surface area contributed by atoms with E-state index in [1.54, 1.807) is 24.3 Å². The predicted octanol–water partition coefficient (Wildman–Crippen LogP) is 1.27. The largest absolute Gasteiger partial charge is 0.495 e. The molecule has 31 heavy (non-hydrogen) atoms. The number of nitrogens with one attached hydrogen (secondary N) is 1. The third-order valence-corrected chi connectivity index (χ3v) is 6.15. The van der Waals surface area contributed by atoms with Gasteiger partial charge in [0.1, 0.15) is 12.4 Å². The fourth-order valence-corrected chi connectivity index (χ4v) is 3.64. The number of carbonyl (C=O) groups is 2. The monoisotopic (exact) mass is 450 g/mol. The highest BCUT2D eigenvalue weighted by atomic mass is 32.2. The molecule has 2 aromatic rings. The van der Waals surface area contributed by atoms with E-state index in [2.05, 4.69) is 5.32 Å². The van der Waals surface area contributed by atoms with Crippen LogP contribution >= 0.6 is 0 Å². The molecule has 0 aromatic heterocycles. The number of amides is 1. The van der Waals surface area contributed by atoms with Crippen molar-refractivity contribution in [3.8, 4) is 17.2 Å². The zero-order chi connectivity index (χ0) is 22.6. The molecule has 11 heteroatoms. The molecule has 166 valence electrons. The molecular weight excluding hydrogens is 428 g/mol. The molecule has 1 unspecified atom stereocenters. The smallest absolute Gasteiger partial charge is 0.351 e. The van der Waals surface area contributed by atoms with Crippen LogP contribution in [0, 0.1) is 0 Å². The minimum absolute atomic E-state index is 0.0305. The standard InChI is InChI=1S/C20H22N2O8S/c1-22(2)31(25,26)13-8-9-15(27-3)14(10-13)21-19(23)12-29-20(24)18-11-28-16-6-4-5-7-17(16)30-18/h4-10,18H,11-12H2,1-3H3,(H,21,23). The van der Waals surface area contributed by atoms with Crippen molar-refractivity contribution in [2.75, 3.05) is 39.7 Å². The number of hydrogen-bond acceptors (Lipinski definition) is 8. The first-order valence-corrected chi connectivity index (χ1v) is 10.6. The van der Waals surface area contributed by atoms with E-state index in [9.17, 15) is 18.0 Å². The Labute approximate surface area is 179 Å². The molecule has 0 saturated carbocycles. The van der Waals surface area contributed by atoms with Crippen LogP contribution in [0.3, 0.4) is 0 Å². The molecule has 0 radical (unpaired) electrons. The van der Waals surface area contributed by atoms with Crippen molar-refractivity contribution in [3.63, 3.8) is 0 Å². The average Bonchev–Trinajstić information content (AvgIpc) is 2.76. The lowest BCUT2D eigenvalue weighted by Gasteiger charge is -2.24. The number of carbonyl (C=O) groups excluding carboxylic acids is 2. The highest BCUT2D eigenvalue weighted by molar-refractivity contribution is 7.89. The molecule has 0 aliphatic carbocycles. The third kappa shape index (κ3) is 5.06. The zero-order valence-electron chi connectivity index (χ0n) is 17.2. The lowest BCUT2D eigenvalue weighted by Crippen LogP contribution is -2.39. The number of nitrogens with zero attached hydrogens (tertiary/aromatic N) is 1. The number of methoxy groups -OCH3 is 1. The van der Waals surface area contributed by atoms with Crippen LogP contribution in [0.2, 0.25) is 0 Å². The zero-order valence-corrected chi connectivity index (χ0v) is 18.0. The predicted molar refractivity (Wildman–Crippen MR) is 110 cm³/mol. The van der Waals surface area contributed by atoms with Crippen LogP contribution < -0.4 is 19.5 Å². The second-order valence-electron chi connectivity index (χ2n) is 6.67. The first-order valence-electron chi connectivity index (χ1n) is 9.18. The molecule has 1 N–H and O–H groups in total. The number of para-hydroxylation sites is 2. The van der Waals surface area contributed by atoms with Crippen molar-refractivity contribution < 1.29 is 37.0 Å². The van der Waals surface area contributed by atoms with Crippen LogP contribution in [-0.4, -0.2) is 65.1 Å². The summed E-state index contributed by atoms with van der Waals surface area (Å²) in [5, 5.41) is 2.49. The molecule has 0 spiro atoms. The van der Waals surface area contributed by atoms with Gasteiger partial charge in [-0.15, -0.1) is 0 Å². The summed E-state index contributed by atoms with van der Waals surface area (Å²) >= 11 is 0. The van der Waals surface area contributed by atoms with E-state index in [1.165, 1.54) is 39.4 Å². The molecule has 1 atom stereocenters. The first-order chi connectivity index (χ1) is 14.7. The van der Waals surface area contributed by atoms with E-state index in [1.807, 2.05) is 0 Å². The maximum atomic E-state index is 12.3. The van der Waals surface area contributed by atoms with Crippen molar-refractivity contribution in [1.29, 1.82) is 0 Å². The summed E-state index contributed by atoms with van der Waals surface area (Å²) in [5.74, 6) is -0.269. The van der Waals surface area contributed by atoms with Gasteiger partial charge in [-0.25, -0.2) is 17.5 Å². The number of fused-ring (bicyclic) bond motifs is 1. The van der Waals surface area contributed by atoms with Gasteiger partial charge < -0.3 is 24.3 Å². The van der Waals surface area contributed by atoms with E-state index in [-0.39, 0.29) is 22.9 Å². The summed E-state index contributed by atoms with van der Waals surface area (Å²) < 4.78 is 46.9. The van der Waals surface area contributed by atoms with Crippen molar-refractivity contribution in [2.24, 2.45) is 0 Å². The Hall–Kier alpha value is -3.31. The van der Waals surface area contributed by atoms with Gasteiger partial charge in [0.25, 0.3) is 5.91 Å². The van der Waals surface area contributed by atoms with Gasteiger partial charge in [0.15, 0.2) is 18.1 Å². The second-order valence-corrected chi connectivity index (χ2v) is 8.82. The maximum Gasteiger partial charge on any atom is 0.351 e. The number of rotatable bonds is 7. The summed E-state index contributed by atoms with van der Waals surface area (Å²) in [6, 6.07) is 10.9. The molecule has 1 aliphatic rings. The van der Waals surface area contributed by atoms with Crippen LogP contribution in [0.5, 0.6) is 17.2 Å². The number of anilines is 1. The summed E-state index contributed by atoms with van der Waals surface area (Å²) in [5.41, 5.74) is 0.123. The molecule has 10 nitrogen and oxygen atoms in total. The number of esters is 1. The molecule has 3 rings (SSSR count). The highest BCUT2D eigenvalue weighted by Crippen LogP contribution is 2.31. The molecule has 0 saturated heterocycles. The van der Waals surface area contributed by atoms with E-state index >= 15 is 0 Å². The number of benzene rings is 2. The summed E-state index contributed by atoms with van der Waals surface area (Å²) in [4.78, 5) is 24.5. The van der Waals surface area contributed by atoms with E-state index < -0.39 is 34.6 Å². The third-order valence-electron chi connectivity index (χ3n) is 4.34. The van der Waals surface area contributed by atoms with E-state index in [0.717, 1.165) is 4.31 Å². The van der Waals surface area contributed by atoms with Gasteiger partial charge in [0.2, 0.25) is 16.1 Å². The van der Waals surface area contributed by atoms with Gasteiger partial charge in [0, 0.05) is 14.1 Å². The Morgan fingerprint density at radius 3 is 2.55 bits per heavy atom. The lowest BCUT2D eigenvalue weighted by molar-refractivity contribution is -0.156. The average molecular weight is 450 g/mol. The van der Waals surface area contributed by atoms with Crippen molar-refractivity contribution in [3.05, 3.63) is 42.5 Å². The molecular formula is C20H22N2O8S. The van der Waals surface area contributed by atoms with Gasteiger partial charge in [-0.2, -0.15) is 0 Å². The van der Waals surface area contributed by atoms with Crippen LogP contribution in [0.25, 0.3) is 0 Å². The summed E-state index contributed by atoms with van der Waals surface area (Å²) in [7, 11) is 0.455. The fourth-order valence-electron chi connectivity index (χ4n) is 2.71. The Kier molecular flexibility index (Phi) is 6.66. The first kappa shape index (κ1) is 22.4. The van der Waals surface area contributed by atoms with Gasteiger partial charge in [-0.05, 0) is 30.3 Å². The van der Waals surface area contributed by atoms with Crippen LogP contribution in [0.4, 0.5) is 5.69 Å². The van der Waals surface area contributed by atoms with E-state index in [0.29, 0.717) is 11.5 Å². The van der Waals surface area contributed by atoms with Crippen LogP contribution in [0.1, 0.15) is 0 Å². The van der Waals surface area contributed by atoms with Crippen LogP contribution in [0.15, 0.2) is 47.4 Å². The highest BCUT2D eigenvalue weighted by Gasteiger charge is 2.29. The maximum absolute atomic E-state index is 12.3. The minimum Gasteiger partial charge on any atom is -0.495 e.